The highest BCUT2D eigenvalue weighted by atomic mass is 16.6. The van der Waals surface area contributed by atoms with Gasteiger partial charge in [-0.25, -0.2) is 0 Å². The number of carbonyl (C=O) groups is 1. The van der Waals surface area contributed by atoms with E-state index in [0.29, 0.717) is 11.4 Å². The van der Waals surface area contributed by atoms with Gasteiger partial charge in [0.25, 0.3) is 5.69 Å². The molecule has 0 aliphatic rings. The summed E-state index contributed by atoms with van der Waals surface area (Å²) in [7, 11) is 0. The van der Waals surface area contributed by atoms with Crippen LogP contribution in [-0.2, 0) is 4.79 Å². The van der Waals surface area contributed by atoms with Gasteiger partial charge in [0.1, 0.15) is 0 Å². The van der Waals surface area contributed by atoms with Crippen LogP contribution >= 0.6 is 0 Å². The van der Waals surface area contributed by atoms with Gasteiger partial charge < -0.3 is 5.32 Å². The number of carbonyl (C=O) groups excluding carboxylic acids is 1. The number of nitro benzene ring substituents is 1. The smallest absolute Gasteiger partial charge is 0.271 e. The zero-order valence-electron chi connectivity index (χ0n) is 9.06. The van der Waals surface area contributed by atoms with E-state index >= 15 is 0 Å². The van der Waals surface area contributed by atoms with E-state index in [1.807, 2.05) is 0 Å². The van der Waals surface area contributed by atoms with Crippen molar-refractivity contribution in [2.75, 3.05) is 5.32 Å². The second-order valence-electron chi connectivity index (χ2n) is 3.37. The first-order valence-corrected chi connectivity index (χ1v) is 4.69. The number of hydrogen-bond acceptors (Lipinski definition) is 4. The summed E-state index contributed by atoms with van der Waals surface area (Å²) in [4.78, 5) is 20.9. The number of rotatable bonds is 4. The fourth-order valence-corrected chi connectivity index (χ4v) is 1.27. The van der Waals surface area contributed by atoms with E-state index in [1.165, 1.54) is 25.1 Å². The van der Waals surface area contributed by atoms with E-state index in [2.05, 4.69) is 5.32 Å². The van der Waals surface area contributed by atoms with Crippen LogP contribution in [0.5, 0.6) is 0 Å². The number of nitro groups is 1. The highest BCUT2D eigenvalue weighted by Crippen LogP contribution is 2.18. The van der Waals surface area contributed by atoms with Gasteiger partial charge in [0.2, 0.25) is 0 Å². The Labute approximate surface area is 92.9 Å². The lowest BCUT2D eigenvalue weighted by molar-refractivity contribution is -0.384. The summed E-state index contributed by atoms with van der Waals surface area (Å²) in [5.41, 5.74) is 1.25. The second-order valence-corrected chi connectivity index (χ2v) is 3.37. The van der Waals surface area contributed by atoms with E-state index in [-0.39, 0.29) is 11.5 Å². The van der Waals surface area contributed by atoms with Crippen molar-refractivity contribution in [2.24, 2.45) is 0 Å². The number of anilines is 1. The molecular weight excluding hydrogens is 208 g/mol. The van der Waals surface area contributed by atoms with E-state index in [4.69, 9.17) is 0 Å². The Bertz CT molecular complexity index is 452. The van der Waals surface area contributed by atoms with Crippen LogP contribution in [0.4, 0.5) is 11.4 Å². The lowest BCUT2D eigenvalue weighted by Crippen LogP contribution is -1.98. The molecule has 5 nitrogen and oxygen atoms in total. The van der Waals surface area contributed by atoms with E-state index < -0.39 is 4.92 Å². The number of allylic oxidation sites excluding steroid dienone is 2. The first-order valence-electron chi connectivity index (χ1n) is 4.69. The van der Waals surface area contributed by atoms with Crippen molar-refractivity contribution in [3.63, 3.8) is 0 Å². The molecule has 1 N–H and O–H groups in total. The number of nitrogens with one attached hydrogen (secondary N) is 1. The van der Waals surface area contributed by atoms with Gasteiger partial charge >= 0.3 is 0 Å². The van der Waals surface area contributed by atoms with E-state index in [0.717, 1.165) is 0 Å². The SMILES string of the molecule is CC(=O)/C=C(\C)Nc1cccc([N+](=O)[O-])c1. The first kappa shape index (κ1) is 11.9. The van der Waals surface area contributed by atoms with Gasteiger partial charge in [-0.1, -0.05) is 6.07 Å². The molecule has 1 aromatic carbocycles. The van der Waals surface area contributed by atoms with Crippen molar-refractivity contribution in [2.45, 2.75) is 13.8 Å². The topological polar surface area (TPSA) is 72.2 Å². The van der Waals surface area contributed by atoms with Crippen molar-refractivity contribution in [3.8, 4) is 0 Å². The van der Waals surface area contributed by atoms with Gasteiger partial charge in [0.15, 0.2) is 5.78 Å². The lowest BCUT2D eigenvalue weighted by Gasteiger charge is -2.05. The molecule has 1 aromatic rings. The fraction of sp³-hybridized carbons (Fsp3) is 0.182. The maximum atomic E-state index is 10.8. The zero-order valence-corrected chi connectivity index (χ0v) is 9.06. The van der Waals surface area contributed by atoms with Gasteiger partial charge in [0, 0.05) is 23.5 Å². The molecule has 0 atom stereocenters. The summed E-state index contributed by atoms with van der Waals surface area (Å²) in [6.45, 7) is 3.17. The van der Waals surface area contributed by atoms with Crippen LogP contribution in [0, 0.1) is 10.1 Å². The maximum Gasteiger partial charge on any atom is 0.271 e. The van der Waals surface area contributed by atoms with Crippen LogP contribution in [0.2, 0.25) is 0 Å². The third kappa shape index (κ3) is 3.53. The van der Waals surface area contributed by atoms with Crippen molar-refractivity contribution in [3.05, 3.63) is 46.2 Å². The molecule has 0 bridgehead atoms. The van der Waals surface area contributed by atoms with E-state index in [1.54, 1.807) is 19.1 Å². The van der Waals surface area contributed by atoms with Crippen LogP contribution < -0.4 is 5.32 Å². The standard InChI is InChI=1S/C11H12N2O3/c1-8(6-9(2)14)12-10-4-3-5-11(7-10)13(15)16/h3-7,12H,1-2H3/b8-6+. The summed E-state index contributed by atoms with van der Waals surface area (Å²) in [5.74, 6) is -0.0737. The predicted molar refractivity (Wildman–Crippen MR) is 61.2 cm³/mol. The first-order chi connectivity index (χ1) is 7.49. The molecule has 0 unspecified atom stereocenters. The molecule has 1 rings (SSSR count). The Balaban J connectivity index is 2.86. The molecule has 0 aromatic heterocycles. The molecule has 84 valence electrons. The van der Waals surface area contributed by atoms with Crippen LogP contribution in [0.3, 0.4) is 0 Å². The van der Waals surface area contributed by atoms with Gasteiger partial charge in [0.05, 0.1) is 4.92 Å². The molecule has 0 amide bonds. The quantitative estimate of drug-likeness (QED) is 0.480. The van der Waals surface area contributed by atoms with Gasteiger partial charge in [-0.2, -0.15) is 0 Å². The average molecular weight is 220 g/mol. The Morgan fingerprint density at radius 1 is 1.44 bits per heavy atom. The summed E-state index contributed by atoms with van der Waals surface area (Å²) in [5, 5.41) is 13.4. The van der Waals surface area contributed by atoms with Crippen molar-refractivity contribution in [1.29, 1.82) is 0 Å². The van der Waals surface area contributed by atoms with E-state index in [9.17, 15) is 14.9 Å². The van der Waals surface area contributed by atoms with Crippen molar-refractivity contribution in [1.82, 2.24) is 0 Å². The number of non-ortho nitro benzene ring substituents is 1. The molecule has 0 spiro atoms. The highest BCUT2D eigenvalue weighted by Gasteiger charge is 2.05. The number of hydrogen-bond donors (Lipinski definition) is 1. The largest absolute Gasteiger partial charge is 0.359 e. The van der Waals surface area contributed by atoms with Crippen molar-refractivity contribution < 1.29 is 9.72 Å². The second kappa shape index (κ2) is 5.06. The number of ketones is 1. The van der Waals surface area contributed by atoms with Crippen LogP contribution in [0.1, 0.15) is 13.8 Å². The molecule has 0 saturated heterocycles. The molecule has 0 heterocycles. The number of benzene rings is 1. The molecule has 0 saturated carbocycles. The van der Waals surface area contributed by atoms with Gasteiger partial charge in [-0.3, -0.25) is 14.9 Å². The summed E-state index contributed by atoms with van der Waals surface area (Å²) >= 11 is 0. The minimum Gasteiger partial charge on any atom is -0.359 e. The average Bonchev–Trinajstić information content (AvgIpc) is 2.16. The Kier molecular flexibility index (Phi) is 3.77. The monoisotopic (exact) mass is 220 g/mol. The Morgan fingerprint density at radius 3 is 2.69 bits per heavy atom. The lowest BCUT2D eigenvalue weighted by atomic mass is 10.2. The molecule has 0 fully saturated rings. The summed E-state index contributed by atoms with van der Waals surface area (Å²) in [6, 6.07) is 6.11. The van der Waals surface area contributed by atoms with Crippen LogP contribution in [0.25, 0.3) is 0 Å². The molecule has 0 radical (unpaired) electrons. The van der Waals surface area contributed by atoms with Crippen molar-refractivity contribution >= 4 is 17.2 Å². The highest BCUT2D eigenvalue weighted by molar-refractivity contribution is 5.88. The minimum atomic E-state index is -0.463. The normalized spacial score (nSPS) is 11.0. The zero-order chi connectivity index (χ0) is 12.1. The summed E-state index contributed by atoms with van der Waals surface area (Å²) < 4.78 is 0. The number of nitrogens with zero attached hydrogens (tertiary/aromatic N) is 1. The van der Waals surface area contributed by atoms with Gasteiger partial charge in [-0.15, -0.1) is 0 Å². The fourth-order valence-electron chi connectivity index (χ4n) is 1.27. The van der Waals surface area contributed by atoms with Gasteiger partial charge in [-0.05, 0) is 26.0 Å². The summed E-state index contributed by atoms with van der Waals surface area (Å²) in [6.07, 6.45) is 1.43. The third-order valence-electron chi connectivity index (χ3n) is 1.82. The molecule has 16 heavy (non-hydrogen) atoms. The minimum absolute atomic E-state index is 0.0145. The molecule has 0 aliphatic heterocycles. The third-order valence-corrected chi connectivity index (χ3v) is 1.82. The van der Waals surface area contributed by atoms with Crippen LogP contribution in [0.15, 0.2) is 36.0 Å². The van der Waals surface area contributed by atoms with Crippen LogP contribution in [-0.4, -0.2) is 10.7 Å². The predicted octanol–water partition coefficient (Wildman–Crippen LogP) is 2.50. The molecule has 5 heteroatoms. The maximum absolute atomic E-state index is 10.8. The Hall–Kier alpha value is -2.17. The molecule has 0 aliphatic carbocycles. The Morgan fingerprint density at radius 2 is 2.12 bits per heavy atom. The molecular formula is C11H12N2O3.